The van der Waals surface area contributed by atoms with Crippen molar-refractivity contribution in [1.29, 1.82) is 0 Å². The average Bonchev–Trinajstić information content (AvgIpc) is 2.79. The topological polar surface area (TPSA) is 42.0 Å². The minimum Gasteiger partial charge on any atom is -0.367 e. The van der Waals surface area contributed by atoms with Crippen LogP contribution < -0.4 is 0 Å². The van der Waals surface area contributed by atoms with E-state index in [1.165, 1.54) is 30.4 Å². The molecular formula is C20H30O3. The zero-order chi connectivity index (χ0) is 16.2. The SMILES string of the molecule is C/C(=C/CC1OC1(C)C)[C@H]1CC[C@@H]2CCC=C3CO[C@@H](O)[C@@H]3[C@H]21. The van der Waals surface area contributed by atoms with Crippen LogP contribution in [0.4, 0.5) is 0 Å². The van der Waals surface area contributed by atoms with E-state index in [2.05, 4.69) is 32.9 Å². The number of rotatable bonds is 3. The van der Waals surface area contributed by atoms with E-state index in [0.717, 1.165) is 18.8 Å². The first kappa shape index (κ1) is 15.9. The summed E-state index contributed by atoms with van der Waals surface area (Å²) in [5.74, 6) is 2.13. The number of epoxide rings is 1. The lowest BCUT2D eigenvalue weighted by Gasteiger charge is -2.31. The molecule has 0 aromatic rings. The lowest BCUT2D eigenvalue weighted by molar-refractivity contribution is -0.0981. The molecule has 3 heteroatoms. The van der Waals surface area contributed by atoms with Gasteiger partial charge in [-0.3, -0.25) is 0 Å². The van der Waals surface area contributed by atoms with E-state index < -0.39 is 6.29 Å². The van der Waals surface area contributed by atoms with Gasteiger partial charge < -0.3 is 14.6 Å². The van der Waals surface area contributed by atoms with Gasteiger partial charge in [0, 0.05) is 5.92 Å². The summed E-state index contributed by atoms with van der Waals surface area (Å²) in [5.41, 5.74) is 2.93. The van der Waals surface area contributed by atoms with Gasteiger partial charge in [-0.05, 0) is 76.2 Å². The fraction of sp³-hybridized carbons (Fsp3) is 0.800. The summed E-state index contributed by atoms with van der Waals surface area (Å²) in [7, 11) is 0. The van der Waals surface area contributed by atoms with E-state index >= 15 is 0 Å². The number of hydrogen-bond acceptors (Lipinski definition) is 3. The summed E-state index contributed by atoms with van der Waals surface area (Å²) in [4.78, 5) is 0. The Bertz CT molecular complexity index is 533. The second-order valence-electron chi connectivity index (χ2n) is 8.50. The van der Waals surface area contributed by atoms with Crippen molar-refractivity contribution in [3.63, 3.8) is 0 Å². The predicted octanol–water partition coefficient (Wildman–Crippen LogP) is 3.83. The van der Waals surface area contributed by atoms with Gasteiger partial charge in [0.15, 0.2) is 6.29 Å². The molecule has 3 fully saturated rings. The van der Waals surface area contributed by atoms with Crippen LogP contribution in [0.25, 0.3) is 0 Å². The molecule has 0 aromatic carbocycles. The molecule has 2 saturated heterocycles. The van der Waals surface area contributed by atoms with E-state index in [-0.39, 0.29) is 11.5 Å². The Balaban J connectivity index is 1.52. The minimum atomic E-state index is -0.592. The normalized spacial score (nSPS) is 45.2. The molecule has 0 aromatic heterocycles. The van der Waals surface area contributed by atoms with E-state index in [0.29, 0.717) is 24.5 Å². The number of aliphatic hydroxyl groups excluding tert-OH is 1. The molecule has 0 radical (unpaired) electrons. The summed E-state index contributed by atoms with van der Waals surface area (Å²) in [6.07, 6.45) is 10.6. The van der Waals surface area contributed by atoms with Crippen LogP contribution in [0.5, 0.6) is 0 Å². The third kappa shape index (κ3) is 2.81. The Morgan fingerprint density at radius 3 is 2.87 bits per heavy atom. The third-order valence-corrected chi connectivity index (χ3v) is 6.78. The van der Waals surface area contributed by atoms with Crippen molar-refractivity contribution in [2.45, 2.75) is 70.9 Å². The molecule has 2 aliphatic heterocycles. The minimum absolute atomic E-state index is 0.0721. The van der Waals surface area contributed by atoms with E-state index in [4.69, 9.17) is 9.47 Å². The van der Waals surface area contributed by atoms with Gasteiger partial charge in [-0.2, -0.15) is 0 Å². The van der Waals surface area contributed by atoms with Gasteiger partial charge in [0.1, 0.15) is 0 Å². The van der Waals surface area contributed by atoms with Crippen molar-refractivity contribution in [3.8, 4) is 0 Å². The zero-order valence-corrected chi connectivity index (χ0v) is 14.6. The van der Waals surface area contributed by atoms with Crippen LogP contribution in [0, 0.1) is 23.7 Å². The quantitative estimate of drug-likeness (QED) is 0.635. The highest BCUT2D eigenvalue weighted by molar-refractivity contribution is 5.21. The summed E-state index contributed by atoms with van der Waals surface area (Å²) < 4.78 is 11.3. The molecule has 2 heterocycles. The fourth-order valence-electron chi connectivity index (χ4n) is 5.31. The van der Waals surface area contributed by atoms with Crippen LogP contribution >= 0.6 is 0 Å². The maximum Gasteiger partial charge on any atom is 0.161 e. The molecule has 2 aliphatic carbocycles. The highest BCUT2D eigenvalue weighted by Gasteiger charge is 2.49. The Kier molecular flexibility index (Phi) is 3.94. The predicted molar refractivity (Wildman–Crippen MR) is 89.8 cm³/mol. The van der Waals surface area contributed by atoms with Crippen molar-refractivity contribution in [2.24, 2.45) is 23.7 Å². The fourth-order valence-corrected chi connectivity index (χ4v) is 5.31. The van der Waals surface area contributed by atoms with E-state index in [1.54, 1.807) is 0 Å². The molecule has 0 spiro atoms. The molecule has 6 atom stereocenters. The highest BCUT2D eigenvalue weighted by Crippen LogP contribution is 2.53. The van der Waals surface area contributed by atoms with Gasteiger partial charge in [-0.15, -0.1) is 0 Å². The molecule has 23 heavy (non-hydrogen) atoms. The molecule has 1 saturated carbocycles. The average molecular weight is 318 g/mol. The summed E-state index contributed by atoms with van der Waals surface area (Å²) in [5, 5.41) is 10.4. The van der Waals surface area contributed by atoms with Crippen LogP contribution in [-0.4, -0.2) is 29.7 Å². The largest absolute Gasteiger partial charge is 0.367 e. The molecule has 3 nitrogen and oxygen atoms in total. The van der Waals surface area contributed by atoms with Crippen molar-refractivity contribution in [1.82, 2.24) is 0 Å². The van der Waals surface area contributed by atoms with Crippen molar-refractivity contribution in [3.05, 3.63) is 23.3 Å². The van der Waals surface area contributed by atoms with Crippen LogP contribution in [-0.2, 0) is 9.47 Å². The van der Waals surface area contributed by atoms with Crippen LogP contribution in [0.1, 0.15) is 52.9 Å². The second kappa shape index (κ2) is 5.72. The monoisotopic (exact) mass is 318 g/mol. The first-order valence-electron chi connectivity index (χ1n) is 9.30. The maximum absolute atomic E-state index is 10.4. The first-order valence-corrected chi connectivity index (χ1v) is 9.30. The van der Waals surface area contributed by atoms with Gasteiger partial charge in [0.05, 0.1) is 18.3 Å². The van der Waals surface area contributed by atoms with Crippen molar-refractivity contribution in [2.75, 3.05) is 6.61 Å². The number of hydrogen-bond donors (Lipinski definition) is 1. The Labute approximate surface area is 139 Å². The van der Waals surface area contributed by atoms with E-state index in [1.807, 2.05) is 0 Å². The number of allylic oxidation sites excluding steroid dienone is 2. The molecule has 4 aliphatic rings. The van der Waals surface area contributed by atoms with Crippen molar-refractivity contribution < 1.29 is 14.6 Å². The van der Waals surface area contributed by atoms with Gasteiger partial charge in [-0.25, -0.2) is 0 Å². The van der Waals surface area contributed by atoms with Gasteiger partial charge >= 0.3 is 0 Å². The van der Waals surface area contributed by atoms with Crippen LogP contribution in [0.2, 0.25) is 0 Å². The summed E-state index contributed by atoms with van der Waals surface area (Å²) >= 11 is 0. The highest BCUT2D eigenvalue weighted by atomic mass is 16.6. The lowest BCUT2D eigenvalue weighted by Crippen LogP contribution is -2.31. The van der Waals surface area contributed by atoms with Crippen molar-refractivity contribution >= 4 is 0 Å². The number of aliphatic hydroxyl groups is 1. The molecule has 4 rings (SSSR count). The molecule has 1 unspecified atom stereocenters. The van der Waals surface area contributed by atoms with Gasteiger partial charge in [0.2, 0.25) is 0 Å². The Morgan fingerprint density at radius 1 is 1.35 bits per heavy atom. The number of fused-ring (bicyclic) bond motifs is 3. The zero-order valence-electron chi connectivity index (χ0n) is 14.6. The number of ether oxygens (including phenoxy) is 2. The molecular weight excluding hydrogens is 288 g/mol. The molecule has 1 N–H and O–H groups in total. The van der Waals surface area contributed by atoms with Gasteiger partial charge in [-0.1, -0.05) is 17.7 Å². The molecule has 0 amide bonds. The Morgan fingerprint density at radius 2 is 2.13 bits per heavy atom. The first-order chi connectivity index (χ1) is 11.0. The summed E-state index contributed by atoms with van der Waals surface area (Å²) in [6.45, 7) is 7.26. The second-order valence-corrected chi connectivity index (χ2v) is 8.50. The lowest BCUT2D eigenvalue weighted by atomic mass is 9.74. The standard InChI is InChI=1S/C20H30O3/c1-12(7-10-16-20(2,3)23-16)15-9-8-13-5-4-6-14-11-22-19(21)18(14)17(13)15/h6-7,13,15-19,21H,4-5,8-11H2,1-3H3/b12-7-/t13-,15+,16?,17+,18-,19+/m0/s1. The third-order valence-electron chi connectivity index (χ3n) is 6.78. The Hall–Kier alpha value is -0.640. The molecule has 128 valence electrons. The van der Waals surface area contributed by atoms with Crippen LogP contribution in [0.15, 0.2) is 23.3 Å². The van der Waals surface area contributed by atoms with E-state index in [9.17, 15) is 5.11 Å². The smallest absolute Gasteiger partial charge is 0.161 e. The van der Waals surface area contributed by atoms with Crippen LogP contribution in [0.3, 0.4) is 0 Å². The van der Waals surface area contributed by atoms with Gasteiger partial charge in [0.25, 0.3) is 0 Å². The summed E-state index contributed by atoms with van der Waals surface area (Å²) in [6, 6.07) is 0. The molecule has 0 bridgehead atoms. The maximum atomic E-state index is 10.4.